The highest BCUT2D eigenvalue weighted by atomic mass is 14.9. The molecule has 1 N–H and O–H groups in total. The maximum absolute atomic E-state index is 4.28. The number of hydrogen-bond acceptors (Lipinski definition) is 4. The highest BCUT2D eigenvalue weighted by Crippen LogP contribution is 2.16. The van der Waals surface area contributed by atoms with E-state index < -0.39 is 0 Å². The van der Waals surface area contributed by atoms with Gasteiger partial charge in [0.1, 0.15) is 5.69 Å². The van der Waals surface area contributed by atoms with Crippen LogP contribution < -0.4 is 5.32 Å². The van der Waals surface area contributed by atoms with Crippen molar-refractivity contribution in [3.05, 3.63) is 36.9 Å². The molecule has 0 aliphatic heterocycles. The highest BCUT2D eigenvalue weighted by Gasteiger charge is 2.01. The van der Waals surface area contributed by atoms with Crippen LogP contribution in [0.25, 0.3) is 11.4 Å². The molecular weight excluding hydrogens is 200 g/mol. The van der Waals surface area contributed by atoms with Crippen LogP contribution in [0.4, 0.5) is 5.69 Å². The van der Waals surface area contributed by atoms with Crippen molar-refractivity contribution in [2.24, 2.45) is 0 Å². The highest BCUT2D eigenvalue weighted by molar-refractivity contribution is 5.59. The van der Waals surface area contributed by atoms with Gasteiger partial charge in [0.2, 0.25) is 0 Å². The third-order valence-corrected chi connectivity index (χ3v) is 2.16. The third-order valence-electron chi connectivity index (χ3n) is 2.16. The fourth-order valence-corrected chi connectivity index (χ4v) is 1.38. The van der Waals surface area contributed by atoms with Gasteiger partial charge < -0.3 is 5.32 Å². The standard InChI is InChI=1S/C12H14N4/c1-2-4-14-10-3-5-15-11(8-10)12-9-13-6-7-16-12/h3,5-9H,2,4H2,1H3,(H,14,15). The van der Waals surface area contributed by atoms with Gasteiger partial charge in [0.15, 0.2) is 0 Å². The van der Waals surface area contributed by atoms with Crippen molar-refractivity contribution in [2.45, 2.75) is 13.3 Å². The monoisotopic (exact) mass is 214 g/mol. The quantitative estimate of drug-likeness (QED) is 0.848. The average Bonchev–Trinajstić information content (AvgIpc) is 2.38. The van der Waals surface area contributed by atoms with Crippen molar-refractivity contribution in [3.8, 4) is 11.4 Å². The van der Waals surface area contributed by atoms with Crippen molar-refractivity contribution < 1.29 is 0 Å². The first-order chi connectivity index (χ1) is 7.90. The molecule has 2 rings (SSSR count). The topological polar surface area (TPSA) is 50.7 Å². The number of nitrogens with one attached hydrogen (secondary N) is 1. The van der Waals surface area contributed by atoms with Gasteiger partial charge >= 0.3 is 0 Å². The third kappa shape index (κ3) is 2.53. The van der Waals surface area contributed by atoms with Crippen LogP contribution in [-0.4, -0.2) is 21.5 Å². The Balaban J connectivity index is 2.22. The summed E-state index contributed by atoms with van der Waals surface area (Å²) in [4.78, 5) is 12.5. The zero-order valence-corrected chi connectivity index (χ0v) is 9.22. The minimum absolute atomic E-state index is 0.794. The Morgan fingerprint density at radius 1 is 1.12 bits per heavy atom. The van der Waals surface area contributed by atoms with Crippen LogP contribution in [0.1, 0.15) is 13.3 Å². The predicted octanol–water partition coefficient (Wildman–Crippen LogP) is 2.36. The van der Waals surface area contributed by atoms with Crippen molar-refractivity contribution in [3.63, 3.8) is 0 Å². The zero-order valence-electron chi connectivity index (χ0n) is 9.22. The largest absolute Gasteiger partial charge is 0.385 e. The number of pyridine rings is 1. The molecule has 0 radical (unpaired) electrons. The molecule has 0 bridgehead atoms. The normalized spacial score (nSPS) is 10.1. The summed E-state index contributed by atoms with van der Waals surface area (Å²) in [5.41, 5.74) is 2.70. The van der Waals surface area contributed by atoms with Crippen LogP contribution in [-0.2, 0) is 0 Å². The number of aromatic nitrogens is 3. The predicted molar refractivity (Wildman–Crippen MR) is 64.0 cm³/mol. The SMILES string of the molecule is CCCNc1ccnc(-c2cnccn2)c1. The van der Waals surface area contributed by atoms with Crippen LogP contribution in [0, 0.1) is 0 Å². The van der Waals surface area contributed by atoms with E-state index in [1.54, 1.807) is 24.8 Å². The van der Waals surface area contributed by atoms with E-state index in [-0.39, 0.29) is 0 Å². The molecule has 0 aromatic carbocycles. The van der Waals surface area contributed by atoms with Gasteiger partial charge in [-0.05, 0) is 18.6 Å². The van der Waals surface area contributed by atoms with Gasteiger partial charge in [-0.1, -0.05) is 6.92 Å². The van der Waals surface area contributed by atoms with Crippen molar-refractivity contribution >= 4 is 5.69 Å². The van der Waals surface area contributed by atoms with E-state index >= 15 is 0 Å². The molecule has 0 aliphatic rings. The summed E-state index contributed by atoms with van der Waals surface area (Å²) in [5.74, 6) is 0. The van der Waals surface area contributed by atoms with Gasteiger partial charge in [0.25, 0.3) is 0 Å². The first-order valence-corrected chi connectivity index (χ1v) is 5.36. The second kappa shape index (κ2) is 5.21. The molecular formula is C12H14N4. The Morgan fingerprint density at radius 3 is 2.75 bits per heavy atom. The fraction of sp³-hybridized carbons (Fsp3) is 0.250. The lowest BCUT2D eigenvalue weighted by Crippen LogP contribution is -2.00. The summed E-state index contributed by atoms with van der Waals surface area (Å²) in [6.45, 7) is 3.10. The molecule has 82 valence electrons. The van der Waals surface area contributed by atoms with E-state index in [9.17, 15) is 0 Å². The lowest BCUT2D eigenvalue weighted by atomic mass is 10.2. The van der Waals surface area contributed by atoms with Gasteiger partial charge in [-0.15, -0.1) is 0 Å². The number of hydrogen-bond donors (Lipinski definition) is 1. The van der Waals surface area contributed by atoms with Gasteiger partial charge in [-0.2, -0.15) is 0 Å². The first kappa shape index (κ1) is 10.5. The maximum atomic E-state index is 4.28. The van der Waals surface area contributed by atoms with Gasteiger partial charge in [0.05, 0.1) is 11.9 Å². The number of anilines is 1. The molecule has 0 fully saturated rings. The molecule has 0 unspecified atom stereocenters. The summed E-state index contributed by atoms with van der Waals surface area (Å²) in [7, 11) is 0. The van der Waals surface area contributed by atoms with E-state index in [0.717, 1.165) is 30.0 Å². The van der Waals surface area contributed by atoms with Gasteiger partial charge in [-0.3, -0.25) is 15.0 Å². The van der Waals surface area contributed by atoms with Crippen LogP contribution in [0.15, 0.2) is 36.9 Å². The Kier molecular flexibility index (Phi) is 3.43. The molecule has 0 aliphatic carbocycles. The van der Waals surface area contributed by atoms with E-state index in [1.807, 2.05) is 12.1 Å². The molecule has 2 aromatic heterocycles. The van der Waals surface area contributed by atoms with Crippen LogP contribution in [0.3, 0.4) is 0 Å². The maximum Gasteiger partial charge on any atom is 0.107 e. The van der Waals surface area contributed by atoms with E-state index in [4.69, 9.17) is 0 Å². The lowest BCUT2D eigenvalue weighted by molar-refractivity contribution is 0.979. The van der Waals surface area contributed by atoms with Crippen LogP contribution in [0.2, 0.25) is 0 Å². The summed E-state index contributed by atoms with van der Waals surface area (Å²) in [5, 5.41) is 3.32. The van der Waals surface area contributed by atoms with Gasteiger partial charge in [0, 0.05) is 30.8 Å². The summed E-state index contributed by atoms with van der Waals surface area (Å²) < 4.78 is 0. The summed E-state index contributed by atoms with van der Waals surface area (Å²) >= 11 is 0. The molecule has 16 heavy (non-hydrogen) atoms. The Bertz CT molecular complexity index is 442. The Labute approximate surface area is 94.8 Å². The van der Waals surface area contributed by atoms with Gasteiger partial charge in [-0.25, -0.2) is 0 Å². The first-order valence-electron chi connectivity index (χ1n) is 5.36. The molecule has 2 heterocycles. The molecule has 2 aromatic rings. The minimum Gasteiger partial charge on any atom is -0.385 e. The van der Waals surface area contributed by atoms with E-state index in [1.165, 1.54) is 0 Å². The number of rotatable bonds is 4. The molecule has 0 atom stereocenters. The Morgan fingerprint density at radius 2 is 2.00 bits per heavy atom. The summed E-state index contributed by atoms with van der Waals surface area (Å²) in [6, 6.07) is 3.94. The smallest absolute Gasteiger partial charge is 0.107 e. The van der Waals surface area contributed by atoms with Crippen molar-refractivity contribution in [1.29, 1.82) is 0 Å². The Hall–Kier alpha value is -1.97. The second-order valence-electron chi connectivity index (χ2n) is 3.45. The second-order valence-corrected chi connectivity index (χ2v) is 3.45. The average molecular weight is 214 g/mol. The zero-order chi connectivity index (χ0) is 11.2. The number of nitrogens with zero attached hydrogens (tertiary/aromatic N) is 3. The van der Waals surface area contributed by atoms with Crippen molar-refractivity contribution in [1.82, 2.24) is 15.0 Å². The molecule has 0 amide bonds. The molecule has 4 nitrogen and oxygen atoms in total. The molecule has 0 saturated heterocycles. The van der Waals surface area contributed by atoms with E-state index in [0.29, 0.717) is 0 Å². The molecule has 0 saturated carbocycles. The van der Waals surface area contributed by atoms with E-state index in [2.05, 4.69) is 27.2 Å². The minimum atomic E-state index is 0.794. The van der Waals surface area contributed by atoms with Crippen molar-refractivity contribution in [2.75, 3.05) is 11.9 Å². The fourth-order valence-electron chi connectivity index (χ4n) is 1.38. The van der Waals surface area contributed by atoms with Crippen LogP contribution >= 0.6 is 0 Å². The summed E-state index contributed by atoms with van der Waals surface area (Å²) in [6.07, 6.45) is 7.92. The van der Waals surface area contributed by atoms with Crippen LogP contribution in [0.5, 0.6) is 0 Å². The molecule has 0 spiro atoms. The lowest BCUT2D eigenvalue weighted by Gasteiger charge is -2.05. The molecule has 4 heteroatoms.